The van der Waals surface area contributed by atoms with Crippen LogP contribution in [0.15, 0.2) is 36.5 Å². The number of carbonyl (C=O) groups is 2. The Labute approximate surface area is 177 Å². The van der Waals surface area contributed by atoms with Crippen molar-refractivity contribution in [2.24, 2.45) is 0 Å². The molecule has 1 amide bonds. The van der Waals surface area contributed by atoms with Gasteiger partial charge in [-0.2, -0.15) is 13.2 Å². The smallest absolute Gasteiger partial charge is 0.475 e. The lowest BCUT2D eigenvalue weighted by molar-refractivity contribution is -0.192. The molecule has 3 heterocycles. The van der Waals surface area contributed by atoms with Gasteiger partial charge in [0.15, 0.2) is 0 Å². The fourth-order valence-electron chi connectivity index (χ4n) is 3.42. The van der Waals surface area contributed by atoms with Crippen LogP contribution >= 0.6 is 0 Å². The summed E-state index contributed by atoms with van der Waals surface area (Å²) in [6.45, 7) is 5.37. The van der Waals surface area contributed by atoms with Crippen molar-refractivity contribution < 1.29 is 27.9 Å². The van der Waals surface area contributed by atoms with Gasteiger partial charge in [0.25, 0.3) is 0 Å². The Morgan fingerprint density at radius 2 is 1.77 bits per heavy atom. The molecule has 0 aliphatic carbocycles. The monoisotopic (exact) mass is 436 g/mol. The summed E-state index contributed by atoms with van der Waals surface area (Å²) in [5, 5.41) is 10.5. The molecule has 2 aliphatic heterocycles. The average Bonchev–Trinajstić information content (AvgIpc) is 3.02. The summed E-state index contributed by atoms with van der Waals surface area (Å²) in [6, 6.07) is 10.8. The number of aromatic nitrogens is 1. The lowest BCUT2D eigenvalue weighted by atomic mass is 10.0. The number of likely N-dealkylation sites (N-methyl/N-ethyl adjacent to an activating group) is 1. The van der Waals surface area contributed by atoms with Gasteiger partial charge in [-0.15, -0.1) is 0 Å². The second-order valence-electron chi connectivity index (χ2n) is 7.36. The normalized spacial score (nSPS) is 16.5. The van der Waals surface area contributed by atoms with Crippen molar-refractivity contribution in [3.63, 3.8) is 0 Å². The first-order valence-electron chi connectivity index (χ1n) is 9.73. The second kappa shape index (κ2) is 9.44. The van der Waals surface area contributed by atoms with Crippen LogP contribution in [0.3, 0.4) is 0 Å². The summed E-state index contributed by atoms with van der Waals surface area (Å²) in [4.78, 5) is 29.3. The topological polar surface area (TPSA) is 85.8 Å². The van der Waals surface area contributed by atoms with Crippen LogP contribution < -0.4 is 10.2 Å². The van der Waals surface area contributed by atoms with E-state index in [9.17, 15) is 18.0 Å². The molecule has 2 aromatic rings. The van der Waals surface area contributed by atoms with Gasteiger partial charge >= 0.3 is 12.1 Å². The molecule has 166 valence electrons. The summed E-state index contributed by atoms with van der Waals surface area (Å²) >= 11 is 0. The molecule has 1 aromatic carbocycles. The van der Waals surface area contributed by atoms with E-state index in [4.69, 9.17) is 9.90 Å². The largest absolute Gasteiger partial charge is 0.490 e. The highest BCUT2D eigenvalue weighted by Crippen LogP contribution is 2.29. The Hall–Kier alpha value is -2.98. The van der Waals surface area contributed by atoms with Crippen molar-refractivity contribution in [2.45, 2.75) is 19.1 Å². The Balaban J connectivity index is 0.000000339. The maximum absolute atomic E-state index is 11.8. The quantitative estimate of drug-likeness (QED) is 0.768. The summed E-state index contributed by atoms with van der Waals surface area (Å²) in [5.74, 6) is -1.85. The van der Waals surface area contributed by atoms with Crippen LogP contribution in [0.1, 0.15) is 11.1 Å². The van der Waals surface area contributed by atoms with E-state index in [1.54, 1.807) is 11.9 Å². The van der Waals surface area contributed by atoms with Crippen molar-refractivity contribution in [3.05, 3.63) is 47.7 Å². The molecular weight excluding hydrogens is 413 g/mol. The van der Waals surface area contributed by atoms with Gasteiger partial charge in [0.2, 0.25) is 5.91 Å². The van der Waals surface area contributed by atoms with E-state index in [2.05, 4.69) is 45.5 Å². The van der Waals surface area contributed by atoms with Gasteiger partial charge < -0.3 is 10.4 Å². The van der Waals surface area contributed by atoms with Gasteiger partial charge in [-0.05, 0) is 17.2 Å². The minimum absolute atomic E-state index is 0.112. The number of hydrogen-bond acceptors (Lipinski definition) is 5. The van der Waals surface area contributed by atoms with Crippen molar-refractivity contribution in [1.29, 1.82) is 0 Å². The molecule has 7 nitrogen and oxygen atoms in total. The number of pyridine rings is 1. The molecule has 4 rings (SSSR count). The number of fused-ring (bicyclic) bond motifs is 1. The van der Waals surface area contributed by atoms with E-state index in [0.717, 1.165) is 55.2 Å². The summed E-state index contributed by atoms with van der Waals surface area (Å²) < 4.78 is 31.7. The van der Waals surface area contributed by atoms with Gasteiger partial charge in [0.05, 0.1) is 6.42 Å². The number of benzene rings is 1. The first kappa shape index (κ1) is 22.7. The van der Waals surface area contributed by atoms with Crippen LogP contribution in [-0.2, 0) is 22.6 Å². The van der Waals surface area contributed by atoms with E-state index < -0.39 is 12.1 Å². The zero-order valence-electron chi connectivity index (χ0n) is 16.9. The second-order valence-corrected chi connectivity index (χ2v) is 7.36. The number of alkyl halides is 3. The number of nitrogens with one attached hydrogen (secondary N) is 1. The number of halogens is 3. The van der Waals surface area contributed by atoms with E-state index >= 15 is 0 Å². The zero-order valence-corrected chi connectivity index (χ0v) is 16.9. The molecule has 2 aliphatic rings. The molecule has 0 atom stereocenters. The predicted octanol–water partition coefficient (Wildman–Crippen LogP) is 2.31. The van der Waals surface area contributed by atoms with E-state index in [1.165, 1.54) is 5.56 Å². The molecule has 0 unspecified atom stereocenters. The highest BCUT2D eigenvalue weighted by molar-refractivity contribution is 6.00. The molecular formula is C21H23F3N4O3. The number of nitrogens with zero attached hydrogens (tertiary/aromatic N) is 3. The third-order valence-corrected chi connectivity index (χ3v) is 5.12. The minimum Gasteiger partial charge on any atom is -0.475 e. The third-order valence-electron chi connectivity index (χ3n) is 5.12. The van der Waals surface area contributed by atoms with Crippen molar-refractivity contribution in [1.82, 2.24) is 15.2 Å². The van der Waals surface area contributed by atoms with Gasteiger partial charge in [0.1, 0.15) is 5.82 Å². The van der Waals surface area contributed by atoms with Crippen molar-refractivity contribution >= 4 is 17.7 Å². The lowest BCUT2D eigenvalue weighted by Gasteiger charge is -2.27. The molecule has 31 heavy (non-hydrogen) atoms. The predicted molar refractivity (Wildman–Crippen MR) is 109 cm³/mol. The van der Waals surface area contributed by atoms with Gasteiger partial charge in [0, 0.05) is 57.1 Å². The molecule has 0 bridgehead atoms. The number of hydrogen-bond donors (Lipinski definition) is 2. The van der Waals surface area contributed by atoms with Crippen molar-refractivity contribution in [2.75, 3.05) is 38.1 Å². The van der Waals surface area contributed by atoms with Crippen LogP contribution in [-0.4, -0.2) is 66.3 Å². The van der Waals surface area contributed by atoms with Crippen molar-refractivity contribution in [3.8, 4) is 11.1 Å². The Kier molecular flexibility index (Phi) is 6.91. The zero-order chi connectivity index (χ0) is 22.6. The summed E-state index contributed by atoms with van der Waals surface area (Å²) in [7, 11) is 1.78. The van der Waals surface area contributed by atoms with Crippen LogP contribution in [0.25, 0.3) is 11.1 Å². The van der Waals surface area contributed by atoms with E-state index in [0.29, 0.717) is 6.42 Å². The lowest BCUT2D eigenvalue weighted by Crippen LogP contribution is -2.42. The number of carboxylic acid groups (broad SMARTS) is 1. The molecule has 10 heteroatoms. The average molecular weight is 436 g/mol. The number of amides is 1. The fraction of sp³-hybridized carbons (Fsp3) is 0.381. The van der Waals surface area contributed by atoms with Gasteiger partial charge in [-0.25, -0.2) is 9.78 Å². The number of carboxylic acids is 1. The number of aliphatic carboxylic acids is 1. The Bertz CT molecular complexity index is 942. The maximum atomic E-state index is 11.8. The fourth-order valence-corrected chi connectivity index (χ4v) is 3.42. The van der Waals surface area contributed by atoms with Crippen LogP contribution in [0.5, 0.6) is 0 Å². The third kappa shape index (κ3) is 5.80. The molecule has 1 fully saturated rings. The number of rotatable bonds is 3. The molecule has 2 N–H and O–H groups in total. The minimum atomic E-state index is -5.08. The van der Waals surface area contributed by atoms with Gasteiger partial charge in [-0.1, -0.05) is 24.3 Å². The highest BCUT2D eigenvalue weighted by Gasteiger charge is 2.38. The first-order valence-corrected chi connectivity index (χ1v) is 9.73. The standard InChI is InChI=1S/C19H22N4O.C2HF3O2/c1-22-18(24)11-16-10-17(12-21-19(16)22)15-4-2-14(3-5-15)13-23-8-6-20-7-9-23;3-2(4,5)1(6)7/h2-5,10,12,20H,6-9,11,13H2,1H3;(H,6,7). The Morgan fingerprint density at radius 3 is 2.35 bits per heavy atom. The van der Waals surface area contributed by atoms with Crippen LogP contribution in [0, 0.1) is 0 Å². The summed E-state index contributed by atoms with van der Waals surface area (Å²) in [6.07, 6.45) is -2.77. The number of carbonyl (C=O) groups excluding carboxylic acids is 1. The SMILES string of the molecule is CN1C(=O)Cc2cc(-c3ccc(CN4CCNCC4)cc3)cnc21.O=C(O)C(F)(F)F. The summed E-state index contributed by atoms with van der Waals surface area (Å²) in [5.41, 5.74) is 4.58. The number of piperazine rings is 1. The van der Waals surface area contributed by atoms with E-state index in [-0.39, 0.29) is 5.91 Å². The first-order chi connectivity index (χ1) is 14.6. The molecule has 1 saturated heterocycles. The molecule has 0 radical (unpaired) electrons. The van der Waals surface area contributed by atoms with Crippen LogP contribution in [0.2, 0.25) is 0 Å². The number of anilines is 1. The highest BCUT2D eigenvalue weighted by atomic mass is 19.4. The molecule has 1 aromatic heterocycles. The molecule has 0 saturated carbocycles. The molecule has 0 spiro atoms. The maximum Gasteiger partial charge on any atom is 0.490 e. The van der Waals surface area contributed by atoms with E-state index in [1.807, 2.05) is 6.20 Å². The van der Waals surface area contributed by atoms with Crippen LogP contribution in [0.4, 0.5) is 19.0 Å². The Morgan fingerprint density at radius 1 is 1.16 bits per heavy atom. The van der Waals surface area contributed by atoms with Gasteiger partial charge in [-0.3, -0.25) is 14.6 Å².